The Hall–Kier alpha value is -1.46. The number of hydrogen-bond donors (Lipinski definition) is 1. The van der Waals surface area contributed by atoms with Crippen molar-refractivity contribution in [2.75, 3.05) is 6.54 Å². The summed E-state index contributed by atoms with van der Waals surface area (Å²) in [4.78, 5) is 8.21. The van der Waals surface area contributed by atoms with Gasteiger partial charge < -0.3 is 10.1 Å². The minimum absolute atomic E-state index is 0.687. The summed E-state index contributed by atoms with van der Waals surface area (Å²) in [5, 5.41) is 3.25. The molecule has 0 bridgehead atoms. The fraction of sp³-hybridized carbons (Fsp3) is 0.231. The topological polar surface area (TPSA) is 47.0 Å². The monoisotopic (exact) mass is 307 g/mol. The highest BCUT2D eigenvalue weighted by atomic mass is 79.9. The lowest BCUT2D eigenvalue weighted by molar-refractivity contribution is 0.476. The SMILES string of the molecule is CCNCc1cncc(Oc2cncc(Br)c2)c1. The molecule has 0 aliphatic carbocycles. The van der Waals surface area contributed by atoms with E-state index >= 15 is 0 Å². The second kappa shape index (κ2) is 6.47. The quantitative estimate of drug-likeness (QED) is 0.922. The molecule has 2 aromatic rings. The van der Waals surface area contributed by atoms with Crippen LogP contribution in [0.25, 0.3) is 0 Å². The molecule has 0 spiro atoms. The number of nitrogens with zero attached hydrogens (tertiary/aromatic N) is 2. The molecule has 18 heavy (non-hydrogen) atoms. The largest absolute Gasteiger partial charge is 0.454 e. The molecule has 0 aliphatic rings. The van der Waals surface area contributed by atoms with Gasteiger partial charge in [0, 0.05) is 23.4 Å². The van der Waals surface area contributed by atoms with Gasteiger partial charge in [0.1, 0.15) is 11.5 Å². The Morgan fingerprint density at radius 1 is 1.11 bits per heavy atom. The van der Waals surface area contributed by atoms with Gasteiger partial charge in [-0.2, -0.15) is 0 Å². The fourth-order valence-corrected chi connectivity index (χ4v) is 1.81. The molecule has 2 aromatic heterocycles. The van der Waals surface area contributed by atoms with Crippen molar-refractivity contribution in [3.8, 4) is 11.5 Å². The number of hydrogen-bond acceptors (Lipinski definition) is 4. The highest BCUT2D eigenvalue weighted by Crippen LogP contribution is 2.23. The normalized spacial score (nSPS) is 10.3. The van der Waals surface area contributed by atoms with Gasteiger partial charge in [-0.05, 0) is 40.2 Å². The molecule has 0 atom stereocenters. The fourth-order valence-electron chi connectivity index (χ4n) is 1.47. The first-order valence-electron chi connectivity index (χ1n) is 5.71. The Balaban J connectivity index is 2.09. The number of rotatable bonds is 5. The van der Waals surface area contributed by atoms with Gasteiger partial charge in [0.25, 0.3) is 0 Å². The lowest BCUT2D eigenvalue weighted by Gasteiger charge is -2.07. The van der Waals surface area contributed by atoms with E-state index in [0.717, 1.165) is 23.1 Å². The zero-order chi connectivity index (χ0) is 12.8. The molecule has 0 saturated heterocycles. The number of pyridine rings is 2. The van der Waals surface area contributed by atoms with E-state index in [-0.39, 0.29) is 0 Å². The van der Waals surface area contributed by atoms with E-state index < -0.39 is 0 Å². The predicted octanol–water partition coefficient (Wildman–Crippen LogP) is 3.14. The van der Waals surface area contributed by atoms with Crippen molar-refractivity contribution in [1.29, 1.82) is 0 Å². The minimum atomic E-state index is 0.687. The van der Waals surface area contributed by atoms with Gasteiger partial charge in [0.2, 0.25) is 0 Å². The van der Waals surface area contributed by atoms with Gasteiger partial charge in [0.15, 0.2) is 0 Å². The van der Waals surface area contributed by atoms with Gasteiger partial charge in [-0.15, -0.1) is 0 Å². The maximum atomic E-state index is 5.70. The van der Waals surface area contributed by atoms with Crippen LogP contribution in [0, 0.1) is 0 Å². The molecule has 5 heteroatoms. The summed E-state index contributed by atoms with van der Waals surface area (Å²) < 4.78 is 6.58. The molecule has 0 saturated carbocycles. The van der Waals surface area contributed by atoms with Crippen LogP contribution in [0.3, 0.4) is 0 Å². The Morgan fingerprint density at radius 2 is 1.83 bits per heavy atom. The molecule has 4 nitrogen and oxygen atoms in total. The van der Waals surface area contributed by atoms with Crippen LogP contribution in [0.15, 0.2) is 41.4 Å². The highest BCUT2D eigenvalue weighted by molar-refractivity contribution is 9.10. The van der Waals surface area contributed by atoms with Crippen LogP contribution < -0.4 is 10.1 Å². The zero-order valence-electron chi connectivity index (χ0n) is 10.1. The van der Waals surface area contributed by atoms with Crippen LogP contribution in [0.4, 0.5) is 0 Å². The van der Waals surface area contributed by atoms with Crippen LogP contribution >= 0.6 is 15.9 Å². The van der Waals surface area contributed by atoms with E-state index in [1.54, 1.807) is 18.6 Å². The van der Waals surface area contributed by atoms with E-state index in [1.165, 1.54) is 0 Å². The molecular formula is C13H14BrN3O. The lowest BCUT2D eigenvalue weighted by Crippen LogP contribution is -2.11. The van der Waals surface area contributed by atoms with Crippen LogP contribution in [-0.4, -0.2) is 16.5 Å². The summed E-state index contributed by atoms with van der Waals surface area (Å²) in [6.07, 6.45) is 6.90. The molecule has 94 valence electrons. The molecule has 0 fully saturated rings. The molecule has 0 aliphatic heterocycles. The highest BCUT2D eigenvalue weighted by Gasteiger charge is 2.01. The van der Waals surface area contributed by atoms with E-state index in [4.69, 9.17) is 4.74 Å². The van der Waals surface area contributed by atoms with Crippen molar-refractivity contribution in [3.05, 3.63) is 47.0 Å². The third-order valence-electron chi connectivity index (χ3n) is 2.26. The summed E-state index contributed by atoms with van der Waals surface area (Å²) in [6, 6.07) is 3.83. The predicted molar refractivity (Wildman–Crippen MR) is 73.6 cm³/mol. The zero-order valence-corrected chi connectivity index (χ0v) is 11.6. The van der Waals surface area contributed by atoms with Gasteiger partial charge in [0.05, 0.1) is 12.4 Å². The summed E-state index contributed by atoms with van der Waals surface area (Å²) in [5.41, 5.74) is 1.09. The van der Waals surface area contributed by atoms with E-state index in [1.807, 2.05) is 18.3 Å². The van der Waals surface area contributed by atoms with E-state index in [0.29, 0.717) is 11.5 Å². The Kier molecular flexibility index (Phi) is 4.66. The van der Waals surface area contributed by atoms with Crippen molar-refractivity contribution in [1.82, 2.24) is 15.3 Å². The van der Waals surface area contributed by atoms with Gasteiger partial charge in [-0.3, -0.25) is 9.97 Å². The summed E-state index contributed by atoms with van der Waals surface area (Å²) in [7, 11) is 0. The van der Waals surface area contributed by atoms with Crippen LogP contribution in [0.1, 0.15) is 12.5 Å². The molecule has 2 heterocycles. The first kappa shape index (κ1) is 13.0. The van der Waals surface area contributed by atoms with Crippen molar-refractivity contribution >= 4 is 15.9 Å². The Bertz CT molecular complexity index is 519. The Morgan fingerprint density at radius 3 is 2.56 bits per heavy atom. The molecule has 0 unspecified atom stereocenters. The van der Waals surface area contributed by atoms with Crippen LogP contribution in [0.5, 0.6) is 11.5 Å². The molecular weight excluding hydrogens is 294 g/mol. The van der Waals surface area contributed by atoms with Gasteiger partial charge >= 0.3 is 0 Å². The smallest absolute Gasteiger partial charge is 0.146 e. The van der Waals surface area contributed by atoms with E-state index in [9.17, 15) is 0 Å². The third-order valence-corrected chi connectivity index (χ3v) is 2.70. The second-order valence-electron chi connectivity index (χ2n) is 3.75. The summed E-state index contributed by atoms with van der Waals surface area (Å²) in [6.45, 7) is 3.79. The maximum absolute atomic E-state index is 5.70. The average molecular weight is 308 g/mol. The summed E-state index contributed by atoms with van der Waals surface area (Å²) >= 11 is 3.36. The van der Waals surface area contributed by atoms with Crippen molar-refractivity contribution < 1.29 is 4.74 Å². The van der Waals surface area contributed by atoms with Crippen LogP contribution in [0.2, 0.25) is 0 Å². The first-order chi connectivity index (χ1) is 8.78. The second-order valence-corrected chi connectivity index (χ2v) is 4.67. The Labute approximate surface area is 115 Å². The van der Waals surface area contributed by atoms with Crippen molar-refractivity contribution in [2.45, 2.75) is 13.5 Å². The minimum Gasteiger partial charge on any atom is -0.454 e. The number of nitrogens with one attached hydrogen (secondary N) is 1. The number of ether oxygens (including phenoxy) is 1. The molecule has 0 amide bonds. The van der Waals surface area contributed by atoms with Crippen molar-refractivity contribution in [2.24, 2.45) is 0 Å². The molecule has 0 radical (unpaired) electrons. The third kappa shape index (κ3) is 3.78. The standard InChI is InChI=1S/C13H14BrN3O/c1-2-15-5-10-3-12(8-16-6-10)18-13-4-11(14)7-17-9-13/h3-4,6-9,15H,2,5H2,1H3. The van der Waals surface area contributed by atoms with Crippen molar-refractivity contribution in [3.63, 3.8) is 0 Å². The average Bonchev–Trinajstić information content (AvgIpc) is 2.37. The van der Waals surface area contributed by atoms with Gasteiger partial charge in [-0.1, -0.05) is 6.92 Å². The number of aromatic nitrogens is 2. The molecule has 0 aromatic carbocycles. The first-order valence-corrected chi connectivity index (χ1v) is 6.50. The van der Waals surface area contributed by atoms with Gasteiger partial charge in [-0.25, -0.2) is 0 Å². The summed E-state index contributed by atoms with van der Waals surface area (Å²) in [5.74, 6) is 1.40. The number of halogens is 1. The van der Waals surface area contributed by atoms with E-state index in [2.05, 4.69) is 38.1 Å². The van der Waals surface area contributed by atoms with Crippen LogP contribution in [-0.2, 0) is 6.54 Å². The molecule has 2 rings (SSSR count). The molecule has 1 N–H and O–H groups in total. The maximum Gasteiger partial charge on any atom is 0.146 e. The lowest BCUT2D eigenvalue weighted by atomic mass is 10.3.